The summed E-state index contributed by atoms with van der Waals surface area (Å²) in [7, 11) is 0. The van der Waals surface area contributed by atoms with Crippen LogP contribution in [0.1, 0.15) is 22.7 Å². The molecule has 1 nitrogen and oxygen atoms in total. The normalized spacial score (nSPS) is 12.4. The van der Waals surface area contributed by atoms with Gasteiger partial charge in [0, 0.05) is 11.1 Å². The Morgan fingerprint density at radius 2 is 1.33 bits per heavy atom. The lowest BCUT2D eigenvalue weighted by molar-refractivity contribution is -0.411. The Labute approximate surface area is 90.6 Å². The van der Waals surface area contributed by atoms with E-state index in [0.717, 1.165) is 0 Å². The van der Waals surface area contributed by atoms with Gasteiger partial charge in [0.2, 0.25) is 0 Å². The highest BCUT2D eigenvalue weighted by Crippen LogP contribution is 2.17. The Hall–Kier alpha value is -1.60. The summed E-state index contributed by atoms with van der Waals surface area (Å²) in [6.07, 6.45) is 0. The minimum Gasteiger partial charge on any atom is -0.348 e. The second-order valence-electron chi connectivity index (χ2n) is 3.87. The van der Waals surface area contributed by atoms with Gasteiger partial charge in [-0.1, -0.05) is 60.2 Å². The first-order valence-corrected chi connectivity index (χ1v) is 5.22. The van der Waals surface area contributed by atoms with Crippen molar-refractivity contribution in [1.82, 2.24) is 0 Å². The Balaban J connectivity index is 2.29. The molecule has 0 spiro atoms. The lowest BCUT2D eigenvalue weighted by Crippen LogP contribution is -2.53. The van der Waals surface area contributed by atoms with Crippen LogP contribution in [0.4, 0.5) is 0 Å². The molecule has 0 unspecified atom stereocenters. The third-order valence-electron chi connectivity index (χ3n) is 2.68. The van der Waals surface area contributed by atoms with Crippen LogP contribution < -0.4 is 5.73 Å². The number of benzene rings is 2. The highest BCUT2D eigenvalue weighted by Gasteiger charge is 2.10. The van der Waals surface area contributed by atoms with E-state index in [4.69, 9.17) is 0 Å². The molecule has 0 aromatic heterocycles. The number of aryl methyl sites for hydroxylation is 1. The molecule has 1 atom stereocenters. The van der Waals surface area contributed by atoms with Gasteiger partial charge in [0.1, 0.15) is 6.04 Å². The van der Waals surface area contributed by atoms with Crippen LogP contribution in [-0.2, 0) is 0 Å². The van der Waals surface area contributed by atoms with E-state index in [2.05, 4.69) is 61.2 Å². The highest BCUT2D eigenvalue weighted by atomic mass is 14.6. The zero-order chi connectivity index (χ0) is 10.7. The molecule has 0 fully saturated rings. The highest BCUT2D eigenvalue weighted by molar-refractivity contribution is 5.30. The number of hydrogen-bond acceptors (Lipinski definition) is 0. The van der Waals surface area contributed by atoms with E-state index in [9.17, 15) is 0 Å². The molecule has 0 saturated heterocycles. The Bertz CT molecular complexity index is 417. The summed E-state index contributed by atoms with van der Waals surface area (Å²) < 4.78 is 0. The number of rotatable bonds is 2. The van der Waals surface area contributed by atoms with E-state index in [-0.39, 0.29) is 6.04 Å². The van der Waals surface area contributed by atoms with Crippen molar-refractivity contribution in [2.45, 2.75) is 13.0 Å². The fourth-order valence-corrected chi connectivity index (χ4v) is 1.68. The van der Waals surface area contributed by atoms with Crippen molar-refractivity contribution < 1.29 is 5.73 Å². The van der Waals surface area contributed by atoms with Crippen molar-refractivity contribution >= 4 is 0 Å². The van der Waals surface area contributed by atoms with Crippen LogP contribution in [0.3, 0.4) is 0 Å². The maximum absolute atomic E-state index is 4.21. The average Bonchev–Trinajstić information content (AvgIpc) is 2.30. The van der Waals surface area contributed by atoms with Crippen LogP contribution >= 0.6 is 0 Å². The predicted octanol–water partition coefficient (Wildman–Crippen LogP) is 2.33. The third-order valence-corrected chi connectivity index (χ3v) is 2.68. The first kappa shape index (κ1) is 9.94. The minimum atomic E-state index is 0.229. The van der Waals surface area contributed by atoms with Crippen molar-refractivity contribution in [2.75, 3.05) is 0 Å². The van der Waals surface area contributed by atoms with Gasteiger partial charge in [0.25, 0.3) is 0 Å². The van der Waals surface area contributed by atoms with E-state index >= 15 is 0 Å². The van der Waals surface area contributed by atoms with Gasteiger partial charge in [-0.3, -0.25) is 0 Å². The third kappa shape index (κ3) is 2.25. The van der Waals surface area contributed by atoms with Gasteiger partial charge >= 0.3 is 0 Å². The van der Waals surface area contributed by atoms with Crippen LogP contribution in [-0.4, -0.2) is 0 Å². The molecular weight excluding hydrogens is 182 g/mol. The van der Waals surface area contributed by atoms with Gasteiger partial charge in [0.15, 0.2) is 0 Å². The Morgan fingerprint density at radius 1 is 0.800 bits per heavy atom. The molecular formula is C14H16N+. The molecule has 0 aliphatic rings. The smallest absolute Gasteiger partial charge is 0.136 e. The van der Waals surface area contributed by atoms with E-state index in [0.29, 0.717) is 0 Å². The molecule has 15 heavy (non-hydrogen) atoms. The van der Waals surface area contributed by atoms with Crippen molar-refractivity contribution in [3.8, 4) is 0 Å². The number of quaternary nitrogens is 1. The van der Waals surface area contributed by atoms with Gasteiger partial charge in [-0.25, -0.2) is 0 Å². The van der Waals surface area contributed by atoms with E-state index in [1.54, 1.807) is 0 Å². The minimum absolute atomic E-state index is 0.229. The first-order valence-electron chi connectivity index (χ1n) is 5.22. The maximum Gasteiger partial charge on any atom is 0.136 e. The van der Waals surface area contributed by atoms with Gasteiger partial charge in [-0.15, -0.1) is 0 Å². The topological polar surface area (TPSA) is 27.6 Å². The van der Waals surface area contributed by atoms with Crippen molar-refractivity contribution in [2.24, 2.45) is 0 Å². The van der Waals surface area contributed by atoms with Crippen LogP contribution in [0.5, 0.6) is 0 Å². The summed E-state index contributed by atoms with van der Waals surface area (Å²) in [6.45, 7) is 2.10. The molecule has 2 aromatic rings. The summed E-state index contributed by atoms with van der Waals surface area (Å²) in [6, 6.07) is 19.2. The summed E-state index contributed by atoms with van der Waals surface area (Å²) >= 11 is 0. The summed E-state index contributed by atoms with van der Waals surface area (Å²) in [5, 5.41) is 0. The monoisotopic (exact) mass is 198 g/mol. The van der Waals surface area contributed by atoms with Gasteiger partial charge in [0.05, 0.1) is 0 Å². The van der Waals surface area contributed by atoms with Crippen molar-refractivity contribution in [1.29, 1.82) is 0 Å². The summed E-state index contributed by atoms with van der Waals surface area (Å²) in [5.74, 6) is 0. The fourth-order valence-electron chi connectivity index (χ4n) is 1.68. The molecule has 0 radical (unpaired) electrons. The molecule has 0 aliphatic heterocycles. The molecule has 3 N–H and O–H groups in total. The SMILES string of the molecule is Cc1ccc([C@H]([NH3+])c2ccccc2)cc1. The molecule has 2 aromatic carbocycles. The fraction of sp³-hybridized carbons (Fsp3) is 0.143. The molecule has 0 saturated carbocycles. The van der Waals surface area contributed by atoms with Gasteiger partial charge in [-0.2, -0.15) is 0 Å². The van der Waals surface area contributed by atoms with Crippen LogP contribution in [0.2, 0.25) is 0 Å². The van der Waals surface area contributed by atoms with E-state index < -0.39 is 0 Å². The molecule has 0 amide bonds. The maximum atomic E-state index is 4.21. The van der Waals surface area contributed by atoms with E-state index in [1.165, 1.54) is 16.7 Å². The first-order chi connectivity index (χ1) is 7.27. The standard InChI is InChI=1S/C14H15N/c1-11-7-9-13(10-8-11)14(15)12-5-3-2-4-6-12/h2-10,14H,15H2,1H3/p+1/t14-/m1/s1. The zero-order valence-corrected chi connectivity index (χ0v) is 8.98. The predicted molar refractivity (Wildman–Crippen MR) is 62.4 cm³/mol. The summed E-state index contributed by atoms with van der Waals surface area (Å²) in [5.41, 5.74) is 8.03. The van der Waals surface area contributed by atoms with Crippen molar-refractivity contribution in [3.63, 3.8) is 0 Å². The lowest BCUT2D eigenvalue weighted by atomic mass is 9.99. The van der Waals surface area contributed by atoms with Crippen LogP contribution in [0, 0.1) is 6.92 Å². The summed E-state index contributed by atoms with van der Waals surface area (Å²) in [4.78, 5) is 0. The zero-order valence-electron chi connectivity index (χ0n) is 8.98. The molecule has 0 aliphatic carbocycles. The molecule has 2 rings (SSSR count). The average molecular weight is 198 g/mol. The lowest BCUT2D eigenvalue weighted by Gasteiger charge is -2.09. The van der Waals surface area contributed by atoms with Crippen molar-refractivity contribution in [3.05, 3.63) is 71.3 Å². The second-order valence-corrected chi connectivity index (χ2v) is 3.87. The molecule has 1 heteroatoms. The molecule has 0 heterocycles. The molecule has 76 valence electrons. The second kappa shape index (κ2) is 4.28. The van der Waals surface area contributed by atoms with Gasteiger partial charge in [-0.05, 0) is 6.92 Å². The molecule has 0 bridgehead atoms. The quantitative estimate of drug-likeness (QED) is 0.767. The Morgan fingerprint density at radius 3 is 1.93 bits per heavy atom. The Kier molecular flexibility index (Phi) is 2.84. The van der Waals surface area contributed by atoms with Crippen LogP contribution in [0.15, 0.2) is 54.6 Å². The largest absolute Gasteiger partial charge is 0.348 e. The van der Waals surface area contributed by atoms with Gasteiger partial charge < -0.3 is 5.73 Å². The van der Waals surface area contributed by atoms with E-state index in [1.807, 2.05) is 6.07 Å². The number of hydrogen-bond donors (Lipinski definition) is 1. The van der Waals surface area contributed by atoms with Crippen LogP contribution in [0.25, 0.3) is 0 Å².